The number of nitrogens with zero attached hydrogens (tertiary/aromatic N) is 3. The molecule has 4 rings (SSSR count). The minimum atomic E-state index is -0.435. The van der Waals surface area contributed by atoms with E-state index in [9.17, 15) is 14.0 Å². The molecule has 1 fully saturated rings. The maximum atomic E-state index is 14.0. The lowest BCUT2D eigenvalue weighted by Gasteiger charge is -2.33. The number of benzene rings is 2. The van der Waals surface area contributed by atoms with Crippen LogP contribution in [0.2, 0.25) is 0 Å². The minimum absolute atomic E-state index is 0.205. The molecule has 0 unspecified atom stereocenters. The van der Waals surface area contributed by atoms with Gasteiger partial charge in [0.1, 0.15) is 18.5 Å². The summed E-state index contributed by atoms with van der Waals surface area (Å²) in [4.78, 5) is 26.7. The Morgan fingerprint density at radius 3 is 2.62 bits per heavy atom. The molecule has 1 atom stereocenters. The smallest absolute Gasteiger partial charge is 0.267 e. The van der Waals surface area contributed by atoms with Crippen molar-refractivity contribution in [2.24, 2.45) is 0 Å². The van der Waals surface area contributed by atoms with E-state index in [-0.39, 0.29) is 24.1 Å². The van der Waals surface area contributed by atoms with E-state index in [1.807, 2.05) is 30.3 Å². The van der Waals surface area contributed by atoms with Gasteiger partial charge in [-0.3, -0.25) is 9.59 Å². The van der Waals surface area contributed by atoms with Crippen molar-refractivity contribution in [1.29, 1.82) is 0 Å². The number of morpholine rings is 1. The summed E-state index contributed by atoms with van der Waals surface area (Å²) in [5, 5.41) is 4.20. The number of hydrogen-bond donors (Lipinski definition) is 0. The second kappa shape index (κ2) is 8.36. The van der Waals surface area contributed by atoms with E-state index in [0.717, 1.165) is 10.2 Å². The summed E-state index contributed by atoms with van der Waals surface area (Å²) >= 11 is 0. The van der Waals surface area contributed by atoms with Gasteiger partial charge < -0.3 is 9.64 Å². The molecule has 1 aliphatic rings. The van der Waals surface area contributed by atoms with Gasteiger partial charge in [0.2, 0.25) is 5.91 Å². The summed E-state index contributed by atoms with van der Waals surface area (Å²) in [6, 6.07) is 18.7. The molecule has 3 aromatic rings. The summed E-state index contributed by atoms with van der Waals surface area (Å²) in [5.74, 6) is -0.662. The van der Waals surface area contributed by atoms with Gasteiger partial charge in [-0.25, -0.2) is 9.07 Å². The Balaban J connectivity index is 1.52. The van der Waals surface area contributed by atoms with Gasteiger partial charge >= 0.3 is 0 Å². The number of hydrogen-bond acceptors (Lipinski definition) is 4. The van der Waals surface area contributed by atoms with Crippen molar-refractivity contribution in [2.75, 3.05) is 19.7 Å². The van der Waals surface area contributed by atoms with E-state index < -0.39 is 11.4 Å². The number of aromatic nitrogens is 2. The third kappa shape index (κ3) is 4.25. The first kappa shape index (κ1) is 19.0. The van der Waals surface area contributed by atoms with E-state index in [1.165, 1.54) is 18.2 Å². The van der Waals surface area contributed by atoms with Gasteiger partial charge in [-0.1, -0.05) is 42.5 Å². The normalized spacial score (nSPS) is 16.6. The first-order valence-corrected chi connectivity index (χ1v) is 9.39. The number of amides is 1. The summed E-state index contributed by atoms with van der Waals surface area (Å²) < 4.78 is 20.9. The Hall–Kier alpha value is -3.32. The van der Waals surface area contributed by atoms with Crippen molar-refractivity contribution in [3.63, 3.8) is 0 Å². The fourth-order valence-corrected chi connectivity index (χ4v) is 3.35. The molecule has 1 saturated heterocycles. The van der Waals surface area contributed by atoms with Crippen LogP contribution in [0.3, 0.4) is 0 Å². The lowest BCUT2D eigenvalue weighted by atomic mass is 10.1. The Kier molecular flexibility index (Phi) is 5.48. The highest BCUT2D eigenvalue weighted by Gasteiger charge is 2.25. The van der Waals surface area contributed by atoms with Crippen molar-refractivity contribution in [1.82, 2.24) is 14.7 Å². The van der Waals surface area contributed by atoms with Gasteiger partial charge in [-0.15, -0.1) is 0 Å². The molecular formula is C22H20FN3O3. The van der Waals surface area contributed by atoms with E-state index in [0.29, 0.717) is 25.4 Å². The molecule has 1 aromatic heterocycles. The van der Waals surface area contributed by atoms with Crippen LogP contribution >= 0.6 is 0 Å². The maximum absolute atomic E-state index is 14.0. The molecule has 1 amide bonds. The summed E-state index contributed by atoms with van der Waals surface area (Å²) in [6.45, 7) is 1.07. The lowest BCUT2D eigenvalue weighted by Crippen LogP contribution is -2.44. The SMILES string of the molecule is O=C(Cn1nc(-c2ccccc2F)ccc1=O)N1CCO[C@H](c2ccccc2)C1. The molecule has 0 spiro atoms. The fourth-order valence-electron chi connectivity index (χ4n) is 3.35. The highest BCUT2D eigenvalue weighted by molar-refractivity contribution is 5.76. The molecule has 0 bridgehead atoms. The predicted octanol–water partition coefficient (Wildman–Crippen LogP) is 2.65. The van der Waals surface area contributed by atoms with E-state index in [1.54, 1.807) is 23.1 Å². The van der Waals surface area contributed by atoms with Crippen LogP contribution in [0.15, 0.2) is 71.5 Å². The van der Waals surface area contributed by atoms with Crippen LogP contribution in [0.5, 0.6) is 0 Å². The van der Waals surface area contributed by atoms with Crippen LogP contribution in [0.1, 0.15) is 11.7 Å². The highest BCUT2D eigenvalue weighted by Crippen LogP contribution is 2.22. The number of ether oxygens (including phenoxy) is 1. The zero-order chi connectivity index (χ0) is 20.2. The van der Waals surface area contributed by atoms with Crippen molar-refractivity contribution < 1.29 is 13.9 Å². The molecule has 7 heteroatoms. The van der Waals surface area contributed by atoms with E-state index in [2.05, 4.69) is 5.10 Å². The molecule has 148 valence electrons. The van der Waals surface area contributed by atoms with Crippen molar-refractivity contribution in [3.8, 4) is 11.3 Å². The average molecular weight is 393 g/mol. The number of carbonyl (C=O) groups is 1. The van der Waals surface area contributed by atoms with Gasteiger partial charge in [0.05, 0.1) is 18.8 Å². The Morgan fingerprint density at radius 1 is 1.07 bits per heavy atom. The van der Waals surface area contributed by atoms with Crippen LogP contribution < -0.4 is 5.56 Å². The summed E-state index contributed by atoms with van der Waals surface area (Å²) in [6.07, 6.45) is -0.205. The molecule has 2 heterocycles. The van der Waals surface area contributed by atoms with Gasteiger partial charge in [-0.05, 0) is 23.8 Å². The monoisotopic (exact) mass is 393 g/mol. The predicted molar refractivity (Wildman–Crippen MR) is 106 cm³/mol. The molecule has 0 radical (unpaired) electrons. The molecule has 29 heavy (non-hydrogen) atoms. The molecule has 6 nitrogen and oxygen atoms in total. The van der Waals surface area contributed by atoms with Crippen LogP contribution in [-0.4, -0.2) is 40.3 Å². The number of halogens is 1. The molecular weight excluding hydrogens is 373 g/mol. The quantitative estimate of drug-likeness (QED) is 0.684. The molecule has 0 N–H and O–H groups in total. The van der Waals surface area contributed by atoms with Crippen LogP contribution in [0.4, 0.5) is 4.39 Å². The maximum Gasteiger partial charge on any atom is 0.267 e. The molecule has 2 aromatic carbocycles. The van der Waals surface area contributed by atoms with Crippen LogP contribution in [0, 0.1) is 5.82 Å². The standard InChI is InChI=1S/C22H20FN3O3/c23-18-9-5-4-8-17(18)19-10-11-21(27)26(24-19)15-22(28)25-12-13-29-20(14-25)16-6-2-1-3-7-16/h1-11,20H,12-15H2/t20-/m0/s1. The van der Waals surface area contributed by atoms with Gasteiger partial charge in [0, 0.05) is 18.2 Å². The topological polar surface area (TPSA) is 64.4 Å². The first-order valence-electron chi connectivity index (χ1n) is 9.39. The van der Waals surface area contributed by atoms with Crippen molar-refractivity contribution in [3.05, 3.63) is 88.5 Å². The van der Waals surface area contributed by atoms with Gasteiger partial charge in [0.15, 0.2) is 0 Å². The van der Waals surface area contributed by atoms with E-state index >= 15 is 0 Å². The summed E-state index contributed by atoms with van der Waals surface area (Å²) in [7, 11) is 0. The van der Waals surface area contributed by atoms with Crippen LogP contribution in [-0.2, 0) is 16.1 Å². The summed E-state index contributed by atoms with van der Waals surface area (Å²) in [5.41, 5.74) is 1.18. The second-order valence-electron chi connectivity index (χ2n) is 6.80. The second-order valence-corrected chi connectivity index (χ2v) is 6.80. The number of carbonyl (C=O) groups excluding carboxylic acids is 1. The van der Waals surface area contributed by atoms with E-state index in [4.69, 9.17) is 4.74 Å². The minimum Gasteiger partial charge on any atom is -0.370 e. The average Bonchev–Trinajstić information content (AvgIpc) is 2.76. The van der Waals surface area contributed by atoms with Crippen LogP contribution in [0.25, 0.3) is 11.3 Å². The zero-order valence-corrected chi connectivity index (χ0v) is 15.7. The fraction of sp³-hybridized carbons (Fsp3) is 0.227. The number of rotatable bonds is 4. The molecule has 1 aliphatic heterocycles. The third-order valence-corrected chi connectivity index (χ3v) is 4.89. The van der Waals surface area contributed by atoms with Crippen molar-refractivity contribution in [2.45, 2.75) is 12.6 Å². The lowest BCUT2D eigenvalue weighted by molar-refractivity contribution is -0.139. The van der Waals surface area contributed by atoms with Gasteiger partial charge in [-0.2, -0.15) is 5.10 Å². The Labute approximate surface area is 167 Å². The molecule has 0 saturated carbocycles. The Morgan fingerprint density at radius 2 is 1.83 bits per heavy atom. The third-order valence-electron chi connectivity index (χ3n) is 4.89. The molecule has 0 aliphatic carbocycles. The Bertz CT molecular complexity index is 1070. The largest absolute Gasteiger partial charge is 0.370 e. The van der Waals surface area contributed by atoms with Gasteiger partial charge in [0.25, 0.3) is 5.56 Å². The highest BCUT2D eigenvalue weighted by atomic mass is 19.1. The van der Waals surface area contributed by atoms with Crippen molar-refractivity contribution >= 4 is 5.91 Å². The first-order chi connectivity index (χ1) is 14.1. The zero-order valence-electron chi connectivity index (χ0n) is 15.7.